The van der Waals surface area contributed by atoms with Crippen LogP contribution >= 0.6 is 11.8 Å². The van der Waals surface area contributed by atoms with E-state index in [-0.39, 0.29) is 18.5 Å². The average molecular weight is 324 g/mol. The van der Waals surface area contributed by atoms with Gasteiger partial charge in [-0.25, -0.2) is 4.79 Å². The second-order valence-electron chi connectivity index (χ2n) is 5.49. The maximum absolute atomic E-state index is 11.8. The van der Waals surface area contributed by atoms with Crippen LogP contribution in [0.3, 0.4) is 0 Å². The molecule has 1 unspecified atom stereocenters. The summed E-state index contributed by atoms with van der Waals surface area (Å²) < 4.78 is 0. The van der Waals surface area contributed by atoms with Gasteiger partial charge in [-0.05, 0) is 31.7 Å². The summed E-state index contributed by atoms with van der Waals surface area (Å²) in [6, 6.07) is 7.94. The first-order valence-electron chi connectivity index (χ1n) is 7.49. The number of benzene rings is 1. The summed E-state index contributed by atoms with van der Waals surface area (Å²) in [6.07, 6.45) is 2.87. The minimum absolute atomic E-state index is 0.0628. The highest BCUT2D eigenvalue weighted by atomic mass is 32.2. The number of hydrogen-bond acceptors (Lipinski definition) is 3. The molecule has 1 aromatic carbocycles. The zero-order chi connectivity index (χ0) is 16.5. The summed E-state index contributed by atoms with van der Waals surface area (Å²) in [6.45, 7) is 4.89. The fourth-order valence-corrected chi connectivity index (χ4v) is 2.37. The van der Waals surface area contributed by atoms with E-state index in [0.29, 0.717) is 0 Å². The van der Waals surface area contributed by atoms with E-state index in [2.05, 4.69) is 34.9 Å². The normalized spacial score (nSPS) is 13.3. The van der Waals surface area contributed by atoms with Crippen molar-refractivity contribution in [1.82, 2.24) is 10.6 Å². The molecule has 2 atom stereocenters. The highest BCUT2D eigenvalue weighted by Gasteiger charge is 2.14. The molecule has 0 spiro atoms. The zero-order valence-corrected chi connectivity index (χ0v) is 14.5. The fourth-order valence-electron chi connectivity index (χ4n) is 1.96. The van der Waals surface area contributed by atoms with Gasteiger partial charge < -0.3 is 10.2 Å². The Kier molecular flexibility index (Phi) is 7.98. The molecule has 0 saturated carbocycles. The number of nitrogens with one attached hydrogen (secondary N) is 3. The Morgan fingerprint density at radius 2 is 1.91 bits per heavy atom. The highest BCUT2D eigenvalue weighted by Crippen LogP contribution is 2.14. The number of urea groups is 1. The van der Waals surface area contributed by atoms with Gasteiger partial charge in [0.25, 0.3) is 5.91 Å². The third-order valence-electron chi connectivity index (χ3n) is 3.37. The lowest BCUT2D eigenvalue weighted by molar-refractivity contribution is -0.885. The largest absolute Gasteiger partial charge is 0.335 e. The van der Waals surface area contributed by atoms with Crippen molar-refractivity contribution < 1.29 is 14.5 Å². The molecule has 0 bridgehead atoms. The highest BCUT2D eigenvalue weighted by molar-refractivity contribution is 7.98. The van der Waals surface area contributed by atoms with Crippen molar-refractivity contribution in [1.29, 1.82) is 0 Å². The maximum atomic E-state index is 11.8. The third-order valence-corrected chi connectivity index (χ3v) is 4.11. The molecular weight excluding hydrogens is 298 g/mol. The summed E-state index contributed by atoms with van der Waals surface area (Å²) in [5.74, 6) is -0.265. The molecule has 0 heterocycles. The standard InChI is InChI=1S/C16H25N3O2S/c1-5-12(2)17-16(21)18-15(20)11-19(3)10-13-6-8-14(22-4)9-7-13/h6-9,12H,5,10-11H2,1-4H3,(H2,17,18,20,21)/p+1/t12-/m1/s1. The number of amides is 3. The monoisotopic (exact) mass is 324 g/mol. The van der Waals surface area contributed by atoms with E-state index in [4.69, 9.17) is 0 Å². The van der Waals surface area contributed by atoms with Crippen LogP contribution in [0.5, 0.6) is 0 Å². The van der Waals surface area contributed by atoms with E-state index < -0.39 is 6.03 Å². The second-order valence-corrected chi connectivity index (χ2v) is 6.37. The van der Waals surface area contributed by atoms with E-state index in [1.807, 2.05) is 27.2 Å². The summed E-state index contributed by atoms with van der Waals surface area (Å²) in [7, 11) is 1.94. The number of carbonyl (C=O) groups is 2. The van der Waals surface area contributed by atoms with Crippen molar-refractivity contribution in [2.24, 2.45) is 0 Å². The number of hydrogen-bond donors (Lipinski definition) is 3. The lowest BCUT2D eigenvalue weighted by atomic mass is 10.2. The van der Waals surface area contributed by atoms with Gasteiger partial charge in [0.1, 0.15) is 6.54 Å². The first-order valence-corrected chi connectivity index (χ1v) is 8.71. The van der Waals surface area contributed by atoms with Crippen LogP contribution in [-0.2, 0) is 11.3 Å². The molecule has 3 amide bonds. The molecular formula is C16H26N3O2S+. The Balaban J connectivity index is 2.38. The lowest BCUT2D eigenvalue weighted by Gasteiger charge is -2.15. The quantitative estimate of drug-likeness (QED) is 0.657. The molecule has 0 aliphatic carbocycles. The maximum Gasteiger partial charge on any atom is 0.321 e. The van der Waals surface area contributed by atoms with Crippen molar-refractivity contribution in [3.05, 3.63) is 29.8 Å². The van der Waals surface area contributed by atoms with Crippen LogP contribution in [0.2, 0.25) is 0 Å². The van der Waals surface area contributed by atoms with Crippen molar-refractivity contribution in [2.45, 2.75) is 37.8 Å². The lowest BCUT2D eigenvalue weighted by Crippen LogP contribution is -3.09. The van der Waals surface area contributed by atoms with Gasteiger partial charge in [-0.3, -0.25) is 10.1 Å². The van der Waals surface area contributed by atoms with Crippen LogP contribution in [0.1, 0.15) is 25.8 Å². The molecule has 0 radical (unpaired) electrons. The number of imide groups is 1. The number of thioether (sulfide) groups is 1. The average Bonchev–Trinajstić information content (AvgIpc) is 2.47. The Morgan fingerprint density at radius 1 is 1.27 bits per heavy atom. The molecule has 122 valence electrons. The minimum atomic E-state index is -0.420. The molecule has 3 N–H and O–H groups in total. The molecule has 6 heteroatoms. The smallest absolute Gasteiger partial charge is 0.321 e. The molecule has 0 aliphatic rings. The van der Waals surface area contributed by atoms with E-state index in [0.717, 1.165) is 17.9 Å². The van der Waals surface area contributed by atoms with E-state index >= 15 is 0 Å². The summed E-state index contributed by atoms with van der Waals surface area (Å²) in [4.78, 5) is 25.7. The predicted molar refractivity (Wildman–Crippen MR) is 90.1 cm³/mol. The van der Waals surface area contributed by atoms with Crippen LogP contribution in [-0.4, -0.2) is 37.8 Å². The molecule has 0 aliphatic heterocycles. The van der Waals surface area contributed by atoms with Crippen LogP contribution < -0.4 is 15.5 Å². The molecule has 1 rings (SSSR count). The van der Waals surface area contributed by atoms with Crippen LogP contribution in [0, 0.1) is 0 Å². The Labute approximate surface area is 136 Å². The van der Waals surface area contributed by atoms with Crippen molar-refractivity contribution in [2.75, 3.05) is 19.8 Å². The van der Waals surface area contributed by atoms with Crippen LogP contribution in [0.4, 0.5) is 4.79 Å². The van der Waals surface area contributed by atoms with Gasteiger partial charge >= 0.3 is 6.03 Å². The molecule has 22 heavy (non-hydrogen) atoms. The van der Waals surface area contributed by atoms with Gasteiger partial charge in [-0.15, -0.1) is 11.8 Å². The summed E-state index contributed by atoms with van der Waals surface area (Å²) in [5, 5.41) is 5.08. The first kappa shape index (κ1) is 18.5. The van der Waals surface area contributed by atoms with Crippen LogP contribution in [0.25, 0.3) is 0 Å². The van der Waals surface area contributed by atoms with Gasteiger partial charge in [-0.1, -0.05) is 19.1 Å². The first-order chi connectivity index (χ1) is 10.4. The van der Waals surface area contributed by atoms with Gasteiger partial charge in [0, 0.05) is 16.5 Å². The third kappa shape index (κ3) is 6.95. The van der Waals surface area contributed by atoms with Gasteiger partial charge in [-0.2, -0.15) is 0 Å². The Morgan fingerprint density at radius 3 is 2.45 bits per heavy atom. The Hall–Kier alpha value is -1.53. The van der Waals surface area contributed by atoms with Gasteiger partial charge in [0.2, 0.25) is 0 Å². The predicted octanol–water partition coefficient (Wildman–Crippen LogP) is 1.05. The number of carbonyl (C=O) groups excluding carboxylic acids is 2. The molecule has 0 aromatic heterocycles. The van der Waals surface area contributed by atoms with Crippen molar-refractivity contribution in [3.8, 4) is 0 Å². The number of rotatable bonds is 7. The summed E-state index contributed by atoms with van der Waals surface area (Å²) >= 11 is 1.71. The molecule has 0 saturated heterocycles. The molecule has 1 aromatic rings. The van der Waals surface area contributed by atoms with Gasteiger partial charge in [0.15, 0.2) is 6.54 Å². The number of quaternary nitrogens is 1. The van der Waals surface area contributed by atoms with Crippen LogP contribution in [0.15, 0.2) is 29.2 Å². The zero-order valence-electron chi connectivity index (χ0n) is 13.7. The van der Waals surface area contributed by atoms with E-state index in [9.17, 15) is 9.59 Å². The molecule has 0 fully saturated rings. The SMILES string of the molecule is CC[C@@H](C)NC(=O)NC(=O)C[NH+](C)Cc1ccc(SC)cc1. The fraction of sp³-hybridized carbons (Fsp3) is 0.500. The van der Waals surface area contributed by atoms with E-state index in [1.165, 1.54) is 10.5 Å². The topological polar surface area (TPSA) is 62.6 Å². The van der Waals surface area contributed by atoms with Crippen molar-refractivity contribution in [3.63, 3.8) is 0 Å². The molecule has 5 nitrogen and oxygen atoms in total. The van der Waals surface area contributed by atoms with Crippen molar-refractivity contribution >= 4 is 23.7 Å². The number of likely N-dealkylation sites (N-methyl/N-ethyl adjacent to an activating group) is 1. The van der Waals surface area contributed by atoms with Gasteiger partial charge in [0.05, 0.1) is 7.05 Å². The van der Waals surface area contributed by atoms with E-state index in [1.54, 1.807) is 11.8 Å². The summed E-state index contributed by atoms with van der Waals surface area (Å²) in [5.41, 5.74) is 1.17. The minimum Gasteiger partial charge on any atom is -0.335 e. The second kappa shape index (κ2) is 9.48. The Bertz CT molecular complexity index is 491.